The molecule has 0 aromatic heterocycles. The van der Waals surface area contributed by atoms with E-state index in [1.54, 1.807) is 0 Å². The predicted octanol–water partition coefficient (Wildman–Crippen LogP) is 2.27. The normalized spacial score (nSPS) is 22.5. The van der Waals surface area contributed by atoms with E-state index in [1.807, 2.05) is 0 Å². The molecule has 1 saturated heterocycles. The summed E-state index contributed by atoms with van der Waals surface area (Å²) in [6, 6.07) is 3.45. The third-order valence-electron chi connectivity index (χ3n) is 3.46. The highest BCUT2D eigenvalue weighted by Gasteiger charge is 2.47. The maximum Gasteiger partial charge on any atom is 0.343 e. The lowest BCUT2D eigenvalue weighted by Gasteiger charge is -2.22. The van der Waals surface area contributed by atoms with Crippen molar-refractivity contribution in [1.29, 1.82) is 0 Å². The molecule has 2 rings (SSSR count). The highest BCUT2D eigenvalue weighted by molar-refractivity contribution is 6.32. The summed E-state index contributed by atoms with van der Waals surface area (Å²) in [4.78, 5) is 24.1. The molecule has 2 unspecified atom stereocenters. The number of nitrogens with zero attached hydrogens (tertiary/aromatic N) is 1. The molecule has 1 N–H and O–H groups in total. The zero-order valence-corrected chi connectivity index (χ0v) is 12.4. The molecule has 1 fully saturated rings. The fourth-order valence-corrected chi connectivity index (χ4v) is 2.42. The van der Waals surface area contributed by atoms with Gasteiger partial charge in [0.05, 0.1) is 11.6 Å². The van der Waals surface area contributed by atoms with Gasteiger partial charge in [-0.3, -0.25) is 4.79 Å². The van der Waals surface area contributed by atoms with Crippen molar-refractivity contribution in [3.8, 4) is 5.75 Å². The molecule has 5 nitrogen and oxygen atoms in total. The minimum atomic E-state index is -2.43. The van der Waals surface area contributed by atoms with Crippen molar-refractivity contribution < 1.29 is 28.2 Å². The molecule has 1 aromatic rings. The number of carboxylic acids is 1. The number of carbonyl (C=O) groups is 2. The van der Waals surface area contributed by atoms with Crippen molar-refractivity contribution in [2.45, 2.75) is 25.1 Å². The van der Waals surface area contributed by atoms with Crippen molar-refractivity contribution in [2.75, 3.05) is 13.1 Å². The number of hydrogen-bond donors (Lipinski definition) is 1. The zero-order valence-electron chi connectivity index (χ0n) is 11.7. The van der Waals surface area contributed by atoms with E-state index < -0.39 is 36.0 Å². The van der Waals surface area contributed by atoms with Gasteiger partial charge in [-0.2, -0.15) is 0 Å². The molecule has 22 heavy (non-hydrogen) atoms. The number of rotatable bonds is 4. The van der Waals surface area contributed by atoms with Crippen LogP contribution in [0.25, 0.3) is 0 Å². The van der Waals surface area contributed by atoms with Gasteiger partial charge in [-0.15, -0.1) is 0 Å². The van der Waals surface area contributed by atoms with E-state index in [1.165, 1.54) is 13.0 Å². The average Bonchev–Trinajstić information content (AvgIpc) is 2.85. The first-order valence-electron chi connectivity index (χ1n) is 6.56. The van der Waals surface area contributed by atoms with Crippen LogP contribution >= 0.6 is 11.6 Å². The Hall–Kier alpha value is -1.89. The molecule has 8 heteroatoms. The molecule has 0 spiro atoms. The van der Waals surface area contributed by atoms with Crippen molar-refractivity contribution in [3.05, 3.63) is 29.0 Å². The van der Waals surface area contributed by atoms with Crippen LogP contribution in [0.3, 0.4) is 0 Å². The van der Waals surface area contributed by atoms with Crippen LogP contribution in [0.5, 0.6) is 5.75 Å². The quantitative estimate of drug-likeness (QED) is 0.918. The Morgan fingerprint density at radius 1 is 1.50 bits per heavy atom. The molecular formula is C14H14ClF2NO4. The maximum absolute atomic E-state index is 13.9. The van der Waals surface area contributed by atoms with Crippen LogP contribution < -0.4 is 4.74 Å². The summed E-state index contributed by atoms with van der Waals surface area (Å²) >= 11 is 5.80. The molecule has 1 aliphatic rings. The molecule has 2 atom stereocenters. The predicted molar refractivity (Wildman–Crippen MR) is 74.2 cm³/mol. The summed E-state index contributed by atoms with van der Waals surface area (Å²) in [6.07, 6.45) is -1.27. The van der Waals surface area contributed by atoms with Crippen LogP contribution in [0.2, 0.25) is 5.02 Å². The van der Waals surface area contributed by atoms with E-state index in [-0.39, 0.29) is 23.7 Å². The standard InChI is InChI=1S/C14H14ClF2NO4/c1-8(22-11-3-2-9(16)6-10(11)15)12(19)18-5-4-14(17,7-18)13(20)21/h2-3,6,8H,4-5,7H2,1H3,(H,20,21). The average molecular weight is 334 g/mol. The van der Waals surface area contributed by atoms with Crippen molar-refractivity contribution in [2.24, 2.45) is 0 Å². The maximum atomic E-state index is 13.9. The smallest absolute Gasteiger partial charge is 0.343 e. The van der Waals surface area contributed by atoms with Crippen molar-refractivity contribution >= 4 is 23.5 Å². The molecular weight excluding hydrogens is 320 g/mol. The van der Waals surface area contributed by atoms with Crippen LogP contribution in [0.1, 0.15) is 13.3 Å². The summed E-state index contributed by atoms with van der Waals surface area (Å²) < 4.78 is 32.2. The minimum absolute atomic E-state index is 0.00597. The van der Waals surface area contributed by atoms with Crippen molar-refractivity contribution in [3.63, 3.8) is 0 Å². The third-order valence-corrected chi connectivity index (χ3v) is 3.76. The molecule has 0 aliphatic carbocycles. The van der Waals surface area contributed by atoms with Gasteiger partial charge in [0.25, 0.3) is 5.91 Å². The fourth-order valence-electron chi connectivity index (χ4n) is 2.20. The second-order valence-corrected chi connectivity index (χ2v) is 5.52. The van der Waals surface area contributed by atoms with E-state index in [4.69, 9.17) is 21.4 Å². The Morgan fingerprint density at radius 3 is 2.73 bits per heavy atom. The number of amides is 1. The zero-order chi connectivity index (χ0) is 16.5. The van der Waals surface area contributed by atoms with E-state index in [0.29, 0.717) is 0 Å². The van der Waals surface area contributed by atoms with Crippen LogP contribution in [0.4, 0.5) is 8.78 Å². The van der Waals surface area contributed by atoms with E-state index in [9.17, 15) is 18.4 Å². The van der Waals surface area contributed by atoms with E-state index in [2.05, 4.69) is 0 Å². The van der Waals surface area contributed by atoms with Crippen LogP contribution in [0, 0.1) is 5.82 Å². The SMILES string of the molecule is CC(Oc1ccc(F)cc1Cl)C(=O)N1CCC(F)(C(=O)O)C1. The lowest BCUT2D eigenvalue weighted by molar-refractivity contribution is -0.150. The largest absolute Gasteiger partial charge is 0.479 e. The third kappa shape index (κ3) is 3.30. The second-order valence-electron chi connectivity index (χ2n) is 5.12. The van der Waals surface area contributed by atoms with Gasteiger partial charge in [-0.25, -0.2) is 13.6 Å². The van der Waals surface area contributed by atoms with E-state index in [0.717, 1.165) is 17.0 Å². The first-order chi connectivity index (χ1) is 10.2. The topological polar surface area (TPSA) is 66.8 Å². The Bertz CT molecular complexity index is 613. The number of aliphatic carboxylic acids is 1. The Kier molecular flexibility index (Phi) is 4.55. The van der Waals surface area contributed by atoms with E-state index >= 15 is 0 Å². The lowest BCUT2D eigenvalue weighted by Crippen LogP contribution is -2.43. The van der Waals surface area contributed by atoms with Crippen LogP contribution in [0.15, 0.2) is 18.2 Å². The van der Waals surface area contributed by atoms with Crippen molar-refractivity contribution in [1.82, 2.24) is 4.90 Å². The number of hydrogen-bond acceptors (Lipinski definition) is 3. The lowest BCUT2D eigenvalue weighted by atomic mass is 10.1. The first-order valence-corrected chi connectivity index (χ1v) is 6.93. The minimum Gasteiger partial charge on any atom is -0.479 e. The van der Waals surface area contributed by atoms with Gasteiger partial charge < -0.3 is 14.7 Å². The first kappa shape index (κ1) is 16.5. The number of ether oxygens (including phenoxy) is 1. The Balaban J connectivity index is 2.03. The molecule has 1 aromatic carbocycles. The molecule has 0 saturated carbocycles. The number of carbonyl (C=O) groups excluding carboxylic acids is 1. The highest BCUT2D eigenvalue weighted by Crippen LogP contribution is 2.29. The second kappa shape index (κ2) is 6.08. The van der Waals surface area contributed by atoms with Gasteiger partial charge >= 0.3 is 5.97 Å². The Labute approximate surface area is 130 Å². The molecule has 120 valence electrons. The number of alkyl halides is 1. The fraction of sp³-hybridized carbons (Fsp3) is 0.429. The number of carboxylic acid groups (broad SMARTS) is 1. The number of halogens is 3. The summed E-state index contributed by atoms with van der Waals surface area (Å²) in [7, 11) is 0. The van der Waals surface area contributed by atoms with Crippen LogP contribution in [-0.2, 0) is 9.59 Å². The number of likely N-dealkylation sites (tertiary alicyclic amines) is 1. The van der Waals surface area contributed by atoms with Gasteiger partial charge in [-0.05, 0) is 25.1 Å². The molecule has 1 aliphatic heterocycles. The monoisotopic (exact) mass is 333 g/mol. The Morgan fingerprint density at radius 2 is 2.18 bits per heavy atom. The molecule has 0 radical (unpaired) electrons. The summed E-state index contributed by atoms with van der Waals surface area (Å²) in [5.74, 6) is -2.56. The molecule has 0 bridgehead atoms. The summed E-state index contributed by atoms with van der Waals surface area (Å²) in [5.41, 5.74) is -2.43. The summed E-state index contributed by atoms with van der Waals surface area (Å²) in [5, 5.41) is 8.82. The van der Waals surface area contributed by atoms with Gasteiger partial charge in [0.1, 0.15) is 11.6 Å². The number of benzene rings is 1. The van der Waals surface area contributed by atoms with Gasteiger partial charge in [0.15, 0.2) is 6.10 Å². The summed E-state index contributed by atoms with van der Waals surface area (Å²) in [6.45, 7) is 0.902. The molecule has 1 amide bonds. The van der Waals surface area contributed by atoms with Gasteiger partial charge in [-0.1, -0.05) is 11.6 Å². The van der Waals surface area contributed by atoms with Gasteiger partial charge in [0, 0.05) is 13.0 Å². The van der Waals surface area contributed by atoms with Crippen LogP contribution in [-0.4, -0.2) is 46.7 Å². The highest BCUT2D eigenvalue weighted by atomic mass is 35.5. The molecule has 1 heterocycles. The van der Waals surface area contributed by atoms with Gasteiger partial charge in [0.2, 0.25) is 5.67 Å².